The summed E-state index contributed by atoms with van der Waals surface area (Å²) in [6.45, 7) is 6.87. The number of nitrogens with one attached hydrogen (secondary N) is 6. The first kappa shape index (κ1) is 50.4. The maximum Gasteiger partial charge on any atom is 0.251 e. The summed E-state index contributed by atoms with van der Waals surface area (Å²) in [5.74, 6) is -2.59. The van der Waals surface area contributed by atoms with Crippen molar-refractivity contribution in [3.63, 3.8) is 0 Å². The summed E-state index contributed by atoms with van der Waals surface area (Å²) in [6.07, 6.45) is 1.08. The van der Waals surface area contributed by atoms with Crippen molar-refractivity contribution < 1.29 is 28.8 Å². The van der Waals surface area contributed by atoms with E-state index < -0.39 is 75.5 Å². The van der Waals surface area contributed by atoms with Gasteiger partial charge in [0, 0.05) is 24.2 Å². The fraction of sp³-hybridized carbons (Fsp3) is 0.222. The second-order valence-electron chi connectivity index (χ2n) is 16.3. The number of benzene rings is 6. The van der Waals surface area contributed by atoms with Gasteiger partial charge in [0.05, 0.1) is 0 Å². The Hall–Kier alpha value is -7.00. The first-order valence-electron chi connectivity index (χ1n) is 22.7. The van der Waals surface area contributed by atoms with E-state index in [4.69, 9.17) is 0 Å². The van der Waals surface area contributed by atoms with E-state index in [0.717, 1.165) is 31.8 Å². The van der Waals surface area contributed by atoms with Gasteiger partial charge in [0.25, 0.3) is 11.8 Å². The van der Waals surface area contributed by atoms with Gasteiger partial charge in [-0.1, -0.05) is 146 Å². The molecule has 6 amide bonds. The largest absolute Gasteiger partial charge is 0.354 e. The van der Waals surface area contributed by atoms with Crippen molar-refractivity contribution in [3.8, 4) is 0 Å². The molecule has 0 radical (unpaired) electrons. The van der Waals surface area contributed by atoms with Crippen LogP contribution in [0.5, 0.6) is 0 Å². The maximum absolute atomic E-state index is 13.4. The van der Waals surface area contributed by atoms with Crippen LogP contribution in [0.1, 0.15) is 61.3 Å². The van der Waals surface area contributed by atoms with Crippen LogP contribution in [-0.4, -0.2) is 72.7 Å². The molecule has 0 aliphatic heterocycles. The Balaban J connectivity index is 0.881. The molecule has 68 heavy (non-hydrogen) atoms. The molecule has 6 N–H and O–H groups in total. The van der Waals surface area contributed by atoms with Gasteiger partial charge in [-0.15, -0.1) is 0 Å². The molecular formula is C54H58N6O6P2. The quantitative estimate of drug-likeness (QED) is 0.0467. The molecule has 0 saturated carbocycles. The van der Waals surface area contributed by atoms with E-state index in [1.807, 2.05) is 109 Å². The van der Waals surface area contributed by atoms with Gasteiger partial charge >= 0.3 is 0 Å². The summed E-state index contributed by atoms with van der Waals surface area (Å²) < 4.78 is 0. The monoisotopic (exact) mass is 948 g/mol. The van der Waals surface area contributed by atoms with Crippen molar-refractivity contribution in [1.82, 2.24) is 31.9 Å². The smallest absolute Gasteiger partial charge is 0.251 e. The van der Waals surface area contributed by atoms with Crippen LogP contribution in [-0.2, 0) is 19.2 Å². The summed E-state index contributed by atoms with van der Waals surface area (Å²) in [5, 5.41) is 23.1. The fourth-order valence-corrected chi connectivity index (χ4v) is 11.9. The van der Waals surface area contributed by atoms with E-state index in [1.165, 1.54) is 0 Å². The lowest BCUT2D eigenvalue weighted by Gasteiger charge is -2.21. The lowest BCUT2D eigenvalue weighted by molar-refractivity contribution is -0.129. The predicted octanol–water partition coefficient (Wildman–Crippen LogP) is 4.16. The minimum Gasteiger partial charge on any atom is -0.354 e. The Labute approximate surface area is 401 Å². The summed E-state index contributed by atoms with van der Waals surface area (Å²) in [6, 6.07) is 52.0. The third-order valence-corrected chi connectivity index (χ3v) is 15.8. The van der Waals surface area contributed by atoms with Gasteiger partial charge < -0.3 is 31.9 Å². The van der Waals surface area contributed by atoms with E-state index in [-0.39, 0.29) is 0 Å². The number of carbonyl (C=O) groups is 6. The van der Waals surface area contributed by atoms with Gasteiger partial charge in [-0.2, -0.15) is 0 Å². The van der Waals surface area contributed by atoms with Crippen LogP contribution < -0.4 is 63.7 Å². The molecule has 14 heteroatoms. The zero-order valence-corrected chi connectivity index (χ0v) is 40.4. The summed E-state index contributed by atoms with van der Waals surface area (Å²) in [4.78, 5) is 78.4. The van der Waals surface area contributed by atoms with Crippen LogP contribution in [0.15, 0.2) is 170 Å². The molecule has 4 atom stereocenters. The van der Waals surface area contributed by atoms with Crippen molar-refractivity contribution in [1.29, 1.82) is 0 Å². The number of rotatable bonds is 21. The van der Waals surface area contributed by atoms with Crippen LogP contribution >= 0.6 is 15.8 Å². The van der Waals surface area contributed by atoms with Crippen molar-refractivity contribution >= 4 is 83.1 Å². The normalized spacial score (nSPS) is 12.7. The van der Waals surface area contributed by atoms with Crippen LogP contribution in [0.25, 0.3) is 0 Å². The van der Waals surface area contributed by atoms with E-state index in [0.29, 0.717) is 37.1 Å². The Morgan fingerprint density at radius 3 is 0.941 bits per heavy atom. The number of hydrogen-bond acceptors (Lipinski definition) is 6. The van der Waals surface area contributed by atoms with Gasteiger partial charge in [0.15, 0.2) is 0 Å². The molecule has 6 aromatic rings. The molecule has 0 fully saturated rings. The highest BCUT2D eigenvalue weighted by atomic mass is 31.1. The standard InChI is InChI=1S/C54H58N6O6P2/c1-37(57-51(63)39(3)59-53(65)41-21-19-31-47(35-41)67(43-23-9-5-10-24-43)44-25-11-6-12-26-44)49(61)55-33-17-18-34-56-50(62)38(2)58-52(64)40(4)60-54(66)42-22-20-32-48(36-42)68(45-27-13-7-14-28-45)46-29-15-8-16-30-46/h5-16,19-32,35-40H,17-18,33-34H2,1-4H3,(H,55,61)(H,56,62)(H,57,63)(H,58,64)(H,59,65)(H,60,66)/t37-,38-,39-,40-/m0/s1. The van der Waals surface area contributed by atoms with E-state index in [9.17, 15) is 28.8 Å². The average Bonchev–Trinajstić information content (AvgIpc) is 3.36. The van der Waals surface area contributed by atoms with E-state index in [2.05, 4.69) is 80.4 Å². The first-order valence-corrected chi connectivity index (χ1v) is 25.4. The first-order chi connectivity index (χ1) is 32.9. The van der Waals surface area contributed by atoms with Gasteiger partial charge in [-0.3, -0.25) is 28.8 Å². The van der Waals surface area contributed by atoms with Crippen molar-refractivity contribution in [2.75, 3.05) is 13.1 Å². The second-order valence-corrected chi connectivity index (χ2v) is 20.7. The SMILES string of the molecule is C[C@H](NC(=O)c1cccc(P(c2ccccc2)c2ccccc2)c1)C(=O)N[C@@H](C)C(=O)NCCCCNC(=O)[C@H](C)NC(=O)[C@H](C)NC(=O)c1cccc(P(c2ccccc2)c2ccccc2)c1. The molecule has 0 aliphatic rings. The van der Waals surface area contributed by atoms with Gasteiger partial charge in [-0.25, -0.2) is 0 Å². The zero-order valence-electron chi connectivity index (χ0n) is 38.6. The average molecular weight is 949 g/mol. The van der Waals surface area contributed by atoms with Crippen LogP contribution in [0.3, 0.4) is 0 Å². The Kier molecular flexibility index (Phi) is 18.7. The second kappa shape index (κ2) is 25.2. The lowest BCUT2D eigenvalue weighted by atomic mass is 10.2. The van der Waals surface area contributed by atoms with Gasteiger partial charge in [0.2, 0.25) is 23.6 Å². The van der Waals surface area contributed by atoms with Crippen molar-refractivity contribution in [2.24, 2.45) is 0 Å². The predicted molar refractivity (Wildman–Crippen MR) is 275 cm³/mol. The number of unbranched alkanes of at least 4 members (excludes halogenated alkanes) is 1. The Morgan fingerprint density at radius 2 is 0.632 bits per heavy atom. The molecule has 350 valence electrons. The summed E-state index contributed by atoms with van der Waals surface area (Å²) >= 11 is 0. The minimum absolute atomic E-state index is 0.304. The molecule has 0 unspecified atom stereocenters. The Morgan fingerprint density at radius 1 is 0.353 bits per heavy atom. The molecule has 0 bridgehead atoms. The van der Waals surface area contributed by atoms with E-state index in [1.54, 1.807) is 39.8 Å². The van der Waals surface area contributed by atoms with Crippen LogP contribution in [0.4, 0.5) is 0 Å². The molecule has 6 aromatic carbocycles. The van der Waals surface area contributed by atoms with Gasteiger partial charge in [0.1, 0.15) is 24.2 Å². The van der Waals surface area contributed by atoms with Crippen LogP contribution in [0.2, 0.25) is 0 Å². The molecule has 12 nitrogen and oxygen atoms in total. The highest BCUT2D eigenvalue weighted by Gasteiger charge is 2.25. The lowest BCUT2D eigenvalue weighted by Crippen LogP contribution is -2.52. The summed E-state index contributed by atoms with van der Waals surface area (Å²) in [5.41, 5.74) is 0.850. The highest BCUT2D eigenvalue weighted by Crippen LogP contribution is 2.34. The molecule has 0 heterocycles. The zero-order chi connectivity index (χ0) is 48.4. The molecule has 0 aliphatic carbocycles. The minimum atomic E-state index is -0.924. The highest BCUT2D eigenvalue weighted by molar-refractivity contribution is 7.80. The third kappa shape index (κ3) is 14.3. The Bertz CT molecular complexity index is 2380. The molecule has 6 rings (SSSR count). The fourth-order valence-electron chi connectivity index (χ4n) is 7.25. The maximum atomic E-state index is 13.4. The molecule has 0 saturated heterocycles. The van der Waals surface area contributed by atoms with E-state index >= 15 is 0 Å². The topological polar surface area (TPSA) is 175 Å². The number of amides is 6. The van der Waals surface area contributed by atoms with Crippen molar-refractivity contribution in [3.05, 3.63) is 181 Å². The summed E-state index contributed by atoms with van der Waals surface area (Å²) in [7, 11) is -1.85. The molecule has 0 spiro atoms. The number of carbonyl (C=O) groups excluding carboxylic acids is 6. The molecule has 0 aromatic heterocycles. The van der Waals surface area contributed by atoms with Crippen molar-refractivity contribution in [2.45, 2.75) is 64.7 Å². The van der Waals surface area contributed by atoms with Crippen LogP contribution in [0, 0.1) is 0 Å². The number of hydrogen-bond donors (Lipinski definition) is 6. The van der Waals surface area contributed by atoms with Gasteiger partial charge in [-0.05, 0) is 112 Å². The molecular weight excluding hydrogens is 891 g/mol. The third-order valence-electron chi connectivity index (χ3n) is 11.0.